The highest BCUT2D eigenvalue weighted by Gasteiger charge is 2.05. The third-order valence-electron chi connectivity index (χ3n) is 2.75. The van der Waals surface area contributed by atoms with Gasteiger partial charge in [-0.2, -0.15) is 0 Å². The van der Waals surface area contributed by atoms with E-state index in [1.54, 1.807) is 0 Å². The maximum absolute atomic E-state index is 11.1. The third-order valence-corrected chi connectivity index (χ3v) is 3.60. The van der Waals surface area contributed by atoms with Crippen molar-refractivity contribution >= 4 is 22.4 Å². The van der Waals surface area contributed by atoms with Crippen LogP contribution in [0.3, 0.4) is 0 Å². The molecular weight excluding hydrogens is 288 g/mol. The SMILES string of the molecule is COC(=O)CCc1csc(NCCOc2ccccc2)n1. The summed E-state index contributed by atoms with van der Waals surface area (Å²) in [6, 6.07) is 9.69. The minimum absolute atomic E-state index is 0.214. The molecule has 0 aliphatic heterocycles. The number of esters is 1. The number of ether oxygens (including phenoxy) is 2. The lowest BCUT2D eigenvalue weighted by atomic mass is 10.2. The second-order valence-corrected chi connectivity index (χ2v) is 5.17. The van der Waals surface area contributed by atoms with Gasteiger partial charge in [0.2, 0.25) is 0 Å². The van der Waals surface area contributed by atoms with Gasteiger partial charge in [-0.3, -0.25) is 4.79 Å². The number of thiazole rings is 1. The number of aromatic nitrogens is 1. The first kappa shape index (κ1) is 15.3. The van der Waals surface area contributed by atoms with Gasteiger partial charge in [0.25, 0.3) is 0 Å². The molecule has 0 spiro atoms. The Morgan fingerprint density at radius 2 is 2.14 bits per heavy atom. The summed E-state index contributed by atoms with van der Waals surface area (Å²) >= 11 is 1.53. The zero-order chi connectivity index (χ0) is 14.9. The summed E-state index contributed by atoms with van der Waals surface area (Å²) in [6.45, 7) is 1.25. The van der Waals surface area contributed by atoms with Crippen molar-refractivity contribution in [1.29, 1.82) is 0 Å². The highest BCUT2D eigenvalue weighted by atomic mass is 32.1. The summed E-state index contributed by atoms with van der Waals surface area (Å²) in [5.74, 6) is 0.644. The summed E-state index contributed by atoms with van der Waals surface area (Å²) in [4.78, 5) is 15.5. The molecule has 112 valence electrons. The number of para-hydroxylation sites is 1. The molecule has 0 unspecified atom stereocenters. The first-order valence-corrected chi connectivity index (χ1v) is 7.59. The predicted octanol–water partition coefficient (Wildman–Crippen LogP) is 2.74. The summed E-state index contributed by atoms with van der Waals surface area (Å²) < 4.78 is 10.2. The van der Waals surface area contributed by atoms with E-state index >= 15 is 0 Å². The van der Waals surface area contributed by atoms with Crippen molar-refractivity contribution in [1.82, 2.24) is 4.98 Å². The smallest absolute Gasteiger partial charge is 0.305 e. The van der Waals surface area contributed by atoms with Gasteiger partial charge in [0.15, 0.2) is 5.13 Å². The zero-order valence-corrected chi connectivity index (χ0v) is 12.7. The van der Waals surface area contributed by atoms with Crippen molar-refractivity contribution in [2.24, 2.45) is 0 Å². The highest BCUT2D eigenvalue weighted by molar-refractivity contribution is 7.13. The average molecular weight is 306 g/mol. The number of carbonyl (C=O) groups excluding carboxylic acids is 1. The zero-order valence-electron chi connectivity index (χ0n) is 11.9. The average Bonchev–Trinajstić information content (AvgIpc) is 2.98. The van der Waals surface area contributed by atoms with Crippen LogP contribution < -0.4 is 10.1 Å². The number of methoxy groups -OCH3 is 1. The van der Waals surface area contributed by atoms with E-state index in [2.05, 4.69) is 15.0 Å². The second kappa shape index (κ2) is 8.26. The van der Waals surface area contributed by atoms with Crippen LogP contribution in [0.1, 0.15) is 12.1 Å². The number of nitrogens with zero attached hydrogens (tertiary/aromatic N) is 1. The van der Waals surface area contributed by atoms with Gasteiger partial charge in [-0.15, -0.1) is 11.3 Å². The van der Waals surface area contributed by atoms with Crippen LogP contribution in [0.4, 0.5) is 5.13 Å². The van der Waals surface area contributed by atoms with E-state index < -0.39 is 0 Å². The molecule has 0 bridgehead atoms. The Bertz CT molecular complexity index is 557. The Hall–Kier alpha value is -2.08. The van der Waals surface area contributed by atoms with E-state index in [1.807, 2.05) is 35.7 Å². The second-order valence-electron chi connectivity index (χ2n) is 4.31. The number of carbonyl (C=O) groups is 1. The molecule has 1 heterocycles. The van der Waals surface area contributed by atoms with Crippen LogP contribution in [0, 0.1) is 0 Å². The molecule has 5 nitrogen and oxygen atoms in total. The molecular formula is C15H18N2O3S. The van der Waals surface area contributed by atoms with Gasteiger partial charge in [-0.1, -0.05) is 18.2 Å². The lowest BCUT2D eigenvalue weighted by molar-refractivity contribution is -0.140. The molecule has 21 heavy (non-hydrogen) atoms. The number of benzene rings is 1. The summed E-state index contributed by atoms with van der Waals surface area (Å²) in [5.41, 5.74) is 0.900. The van der Waals surface area contributed by atoms with Crippen molar-refractivity contribution in [3.05, 3.63) is 41.4 Å². The molecule has 1 aromatic heterocycles. The van der Waals surface area contributed by atoms with Crippen LogP contribution in [0.25, 0.3) is 0 Å². The normalized spacial score (nSPS) is 10.1. The lowest BCUT2D eigenvalue weighted by Gasteiger charge is -2.06. The van der Waals surface area contributed by atoms with E-state index in [1.165, 1.54) is 18.4 Å². The van der Waals surface area contributed by atoms with E-state index in [9.17, 15) is 4.79 Å². The molecule has 0 amide bonds. The van der Waals surface area contributed by atoms with Gasteiger partial charge >= 0.3 is 5.97 Å². The van der Waals surface area contributed by atoms with Gasteiger partial charge in [0.05, 0.1) is 25.8 Å². The van der Waals surface area contributed by atoms with Gasteiger partial charge < -0.3 is 14.8 Å². The Kier molecular flexibility index (Phi) is 6.02. The fourth-order valence-corrected chi connectivity index (χ4v) is 2.45. The van der Waals surface area contributed by atoms with Crippen molar-refractivity contribution in [3.63, 3.8) is 0 Å². The largest absolute Gasteiger partial charge is 0.492 e. The van der Waals surface area contributed by atoms with Crippen LogP contribution in [-0.2, 0) is 16.0 Å². The Balaban J connectivity index is 1.67. The maximum atomic E-state index is 11.1. The molecule has 0 saturated carbocycles. The molecule has 0 fully saturated rings. The highest BCUT2D eigenvalue weighted by Crippen LogP contribution is 2.16. The molecule has 2 rings (SSSR count). The molecule has 0 aliphatic rings. The summed E-state index contributed by atoms with van der Waals surface area (Å²) in [5, 5.41) is 5.99. The van der Waals surface area contributed by atoms with Crippen molar-refractivity contribution in [2.75, 3.05) is 25.6 Å². The van der Waals surface area contributed by atoms with Gasteiger partial charge in [-0.25, -0.2) is 4.98 Å². The quantitative estimate of drug-likeness (QED) is 0.600. The number of hydrogen-bond donors (Lipinski definition) is 1. The first-order chi connectivity index (χ1) is 10.3. The van der Waals surface area contributed by atoms with Crippen LogP contribution in [-0.4, -0.2) is 31.2 Å². The number of anilines is 1. The van der Waals surface area contributed by atoms with E-state index in [0.717, 1.165) is 16.6 Å². The molecule has 2 aromatic rings. The van der Waals surface area contributed by atoms with Crippen LogP contribution in [0.2, 0.25) is 0 Å². The Morgan fingerprint density at radius 1 is 1.33 bits per heavy atom. The van der Waals surface area contributed by atoms with E-state index in [-0.39, 0.29) is 5.97 Å². The molecule has 0 atom stereocenters. The van der Waals surface area contributed by atoms with Gasteiger partial charge in [0.1, 0.15) is 12.4 Å². The van der Waals surface area contributed by atoms with Crippen molar-refractivity contribution in [2.45, 2.75) is 12.8 Å². The van der Waals surface area contributed by atoms with Gasteiger partial charge in [0, 0.05) is 11.8 Å². The monoisotopic (exact) mass is 306 g/mol. The molecule has 0 radical (unpaired) electrons. The maximum Gasteiger partial charge on any atom is 0.305 e. The number of rotatable bonds is 8. The number of nitrogens with one attached hydrogen (secondary N) is 1. The Labute approximate surface area is 127 Å². The minimum atomic E-state index is -0.214. The number of aryl methyl sites for hydroxylation is 1. The molecule has 1 N–H and O–H groups in total. The molecule has 0 aliphatic carbocycles. The predicted molar refractivity (Wildman–Crippen MR) is 82.9 cm³/mol. The van der Waals surface area contributed by atoms with Crippen molar-refractivity contribution < 1.29 is 14.3 Å². The fraction of sp³-hybridized carbons (Fsp3) is 0.333. The van der Waals surface area contributed by atoms with Gasteiger partial charge in [-0.05, 0) is 12.1 Å². The topological polar surface area (TPSA) is 60.5 Å². The van der Waals surface area contributed by atoms with Crippen LogP contribution in [0.5, 0.6) is 5.75 Å². The molecule has 1 aromatic carbocycles. The van der Waals surface area contributed by atoms with Crippen LogP contribution in [0.15, 0.2) is 35.7 Å². The summed E-state index contributed by atoms with van der Waals surface area (Å²) in [6.07, 6.45) is 0.960. The first-order valence-electron chi connectivity index (χ1n) is 6.71. The van der Waals surface area contributed by atoms with E-state index in [0.29, 0.717) is 26.0 Å². The minimum Gasteiger partial charge on any atom is -0.492 e. The Morgan fingerprint density at radius 3 is 2.90 bits per heavy atom. The standard InChI is InChI=1S/C15H18N2O3S/c1-19-14(18)8-7-12-11-21-15(17-12)16-9-10-20-13-5-3-2-4-6-13/h2-6,11H,7-10H2,1H3,(H,16,17). The lowest BCUT2D eigenvalue weighted by Crippen LogP contribution is -2.11. The van der Waals surface area contributed by atoms with Crippen molar-refractivity contribution in [3.8, 4) is 5.75 Å². The summed E-state index contributed by atoms with van der Waals surface area (Å²) in [7, 11) is 1.39. The fourth-order valence-electron chi connectivity index (χ4n) is 1.68. The van der Waals surface area contributed by atoms with E-state index in [4.69, 9.17) is 4.74 Å². The molecule has 6 heteroatoms. The third kappa shape index (κ3) is 5.43. The molecule has 0 saturated heterocycles. The van der Waals surface area contributed by atoms with Crippen LogP contribution >= 0.6 is 11.3 Å². The number of hydrogen-bond acceptors (Lipinski definition) is 6.